The molecule has 4 amide bonds. The van der Waals surface area contributed by atoms with E-state index in [2.05, 4.69) is 16.7 Å². The molecular formula is C24H27ClFN5O3. The van der Waals surface area contributed by atoms with Crippen LogP contribution in [0.1, 0.15) is 39.5 Å². The molecule has 0 spiro atoms. The molecule has 10 heteroatoms. The number of nitrogens with zero attached hydrogens (tertiary/aromatic N) is 3. The molecule has 2 atom stereocenters. The average molecular weight is 488 g/mol. The molecular weight excluding hydrogens is 461 g/mol. The third-order valence-electron chi connectivity index (χ3n) is 5.76. The van der Waals surface area contributed by atoms with Crippen LogP contribution in [-0.2, 0) is 9.59 Å². The highest BCUT2D eigenvalue weighted by atomic mass is 35.5. The summed E-state index contributed by atoms with van der Waals surface area (Å²) in [6.07, 6.45) is 5.48. The molecule has 0 unspecified atom stereocenters. The van der Waals surface area contributed by atoms with Crippen LogP contribution in [0, 0.1) is 23.1 Å². The number of hydrogen-bond acceptors (Lipinski definition) is 4. The van der Waals surface area contributed by atoms with Crippen molar-refractivity contribution in [3.63, 3.8) is 0 Å². The maximum atomic E-state index is 14.8. The van der Waals surface area contributed by atoms with E-state index in [1.165, 1.54) is 21.9 Å². The van der Waals surface area contributed by atoms with Gasteiger partial charge in [-0.25, -0.2) is 9.18 Å². The number of rotatable bonds is 5. The summed E-state index contributed by atoms with van der Waals surface area (Å²) >= 11 is 5.79. The number of carbonyl (C=O) groups is 3. The number of piperidine rings is 1. The number of urea groups is 1. The molecule has 180 valence electrons. The summed E-state index contributed by atoms with van der Waals surface area (Å²) in [5.41, 5.74) is 0.895. The minimum absolute atomic E-state index is 0.0568. The second-order valence-electron chi connectivity index (χ2n) is 8.42. The number of halogens is 2. The molecule has 2 saturated heterocycles. The summed E-state index contributed by atoms with van der Waals surface area (Å²) in [4.78, 5) is 40.6. The highest BCUT2D eigenvalue weighted by molar-refractivity contribution is 6.29. The molecule has 0 aromatic heterocycles. The Bertz CT molecular complexity index is 1080. The first kappa shape index (κ1) is 25.2. The van der Waals surface area contributed by atoms with E-state index in [1.54, 1.807) is 32.1 Å². The van der Waals surface area contributed by atoms with Crippen LogP contribution in [0.15, 0.2) is 41.1 Å². The molecule has 2 fully saturated rings. The van der Waals surface area contributed by atoms with E-state index in [9.17, 15) is 24.0 Å². The van der Waals surface area contributed by atoms with Gasteiger partial charge in [0.2, 0.25) is 11.8 Å². The number of allylic oxidation sites excluding steroid dienone is 4. The number of amides is 4. The Balaban J connectivity index is 1.72. The molecule has 0 bridgehead atoms. The number of likely N-dealkylation sites (tertiary alicyclic amines) is 1. The fourth-order valence-corrected chi connectivity index (χ4v) is 4.06. The molecule has 34 heavy (non-hydrogen) atoms. The number of nitriles is 1. The molecule has 1 aromatic carbocycles. The quantitative estimate of drug-likeness (QED) is 0.605. The van der Waals surface area contributed by atoms with Crippen LogP contribution in [0.25, 0.3) is 0 Å². The number of hydrogen-bond donors (Lipinski definition) is 2. The zero-order chi connectivity index (χ0) is 24.8. The highest BCUT2D eigenvalue weighted by Crippen LogP contribution is 2.28. The van der Waals surface area contributed by atoms with Crippen LogP contribution in [0.4, 0.5) is 20.6 Å². The smallest absolute Gasteiger partial charge is 0.322 e. The van der Waals surface area contributed by atoms with Crippen molar-refractivity contribution in [1.29, 1.82) is 5.26 Å². The summed E-state index contributed by atoms with van der Waals surface area (Å²) in [7, 11) is 0. The monoisotopic (exact) mass is 487 g/mol. The van der Waals surface area contributed by atoms with E-state index in [1.807, 2.05) is 0 Å². The average Bonchev–Trinajstić information content (AvgIpc) is 3.24. The predicted molar refractivity (Wildman–Crippen MR) is 127 cm³/mol. The van der Waals surface area contributed by atoms with E-state index in [4.69, 9.17) is 11.6 Å². The summed E-state index contributed by atoms with van der Waals surface area (Å²) < 4.78 is 14.8. The first-order chi connectivity index (χ1) is 16.2. The molecule has 2 aliphatic rings. The van der Waals surface area contributed by atoms with Crippen molar-refractivity contribution in [2.24, 2.45) is 5.92 Å². The standard InChI is InChI=1S/C24H27ClFN5O3/c1-15(25)6-7-16(2)28-24(34)31-14-17(13-27)11-21(31)23(33)29-20-9-8-18(12-19(20)26)30-10-4-3-5-22(30)32/h6-9,12,17,21H,3-5,10-11,14H2,1-2H3,(H,28,34)(H,29,33)/b15-6+,16-7+/t17-,21-/m1/s1. The Morgan fingerprint density at radius 1 is 1.26 bits per heavy atom. The summed E-state index contributed by atoms with van der Waals surface area (Å²) in [6, 6.07) is 4.82. The van der Waals surface area contributed by atoms with Crippen LogP contribution in [0.5, 0.6) is 0 Å². The SMILES string of the molecule is C/C(Cl)=C\C=C(/C)NC(=O)N1C[C@@H](C#N)C[C@@H]1C(=O)Nc1ccc(N2CCCCC2=O)cc1F. The van der Waals surface area contributed by atoms with Gasteiger partial charge in [-0.15, -0.1) is 0 Å². The molecule has 0 aliphatic carbocycles. The Morgan fingerprint density at radius 2 is 2.03 bits per heavy atom. The van der Waals surface area contributed by atoms with Crippen molar-refractivity contribution in [2.45, 2.75) is 45.6 Å². The van der Waals surface area contributed by atoms with Crippen molar-refractivity contribution < 1.29 is 18.8 Å². The maximum absolute atomic E-state index is 14.8. The van der Waals surface area contributed by atoms with E-state index in [-0.39, 0.29) is 24.6 Å². The zero-order valence-corrected chi connectivity index (χ0v) is 19.9. The van der Waals surface area contributed by atoms with E-state index in [0.29, 0.717) is 29.4 Å². The van der Waals surface area contributed by atoms with Crippen molar-refractivity contribution in [1.82, 2.24) is 10.2 Å². The predicted octanol–water partition coefficient (Wildman–Crippen LogP) is 4.25. The minimum atomic E-state index is -0.939. The normalized spacial score (nSPS) is 21.3. The van der Waals surface area contributed by atoms with E-state index in [0.717, 1.165) is 12.8 Å². The molecule has 0 saturated carbocycles. The molecule has 2 N–H and O–H groups in total. The van der Waals surface area contributed by atoms with Gasteiger partial charge in [0, 0.05) is 35.9 Å². The van der Waals surface area contributed by atoms with Gasteiger partial charge in [-0.3, -0.25) is 9.59 Å². The third kappa shape index (κ3) is 6.14. The first-order valence-corrected chi connectivity index (χ1v) is 11.5. The van der Waals surface area contributed by atoms with Crippen LogP contribution >= 0.6 is 11.6 Å². The lowest BCUT2D eigenvalue weighted by Crippen LogP contribution is -2.47. The summed E-state index contributed by atoms with van der Waals surface area (Å²) in [5, 5.41) is 15.1. The molecule has 0 radical (unpaired) electrons. The Hall–Kier alpha value is -3.38. The van der Waals surface area contributed by atoms with Crippen LogP contribution in [0.2, 0.25) is 0 Å². The molecule has 1 aromatic rings. The van der Waals surface area contributed by atoms with Gasteiger partial charge in [-0.05, 0) is 63.5 Å². The van der Waals surface area contributed by atoms with Crippen LogP contribution < -0.4 is 15.5 Å². The molecule has 3 rings (SSSR count). The second kappa shape index (κ2) is 11.2. The Labute approximate surface area is 203 Å². The number of nitrogens with one attached hydrogen (secondary N) is 2. The third-order valence-corrected chi connectivity index (χ3v) is 5.89. The van der Waals surface area contributed by atoms with Gasteiger partial charge in [0.05, 0.1) is 17.7 Å². The van der Waals surface area contributed by atoms with Gasteiger partial charge in [-0.2, -0.15) is 5.26 Å². The van der Waals surface area contributed by atoms with Gasteiger partial charge in [0.1, 0.15) is 11.9 Å². The first-order valence-electron chi connectivity index (χ1n) is 11.1. The zero-order valence-electron chi connectivity index (χ0n) is 19.1. The Morgan fingerprint density at radius 3 is 2.68 bits per heavy atom. The lowest BCUT2D eigenvalue weighted by molar-refractivity contribution is -0.120. The van der Waals surface area contributed by atoms with Gasteiger partial charge < -0.3 is 20.4 Å². The van der Waals surface area contributed by atoms with Crippen LogP contribution in [-0.4, -0.2) is 41.9 Å². The van der Waals surface area contributed by atoms with Gasteiger partial charge >= 0.3 is 6.03 Å². The highest BCUT2D eigenvalue weighted by Gasteiger charge is 2.40. The van der Waals surface area contributed by atoms with Crippen LogP contribution in [0.3, 0.4) is 0 Å². The fraction of sp³-hybridized carbons (Fsp3) is 0.417. The number of anilines is 2. The van der Waals surface area contributed by atoms with E-state index < -0.39 is 29.7 Å². The van der Waals surface area contributed by atoms with Gasteiger partial charge in [0.25, 0.3) is 0 Å². The molecule has 2 heterocycles. The number of benzene rings is 1. The fourth-order valence-electron chi connectivity index (χ4n) is 3.99. The largest absolute Gasteiger partial charge is 0.322 e. The maximum Gasteiger partial charge on any atom is 0.322 e. The van der Waals surface area contributed by atoms with Crippen molar-refractivity contribution >= 4 is 40.8 Å². The lowest BCUT2D eigenvalue weighted by Gasteiger charge is -2.27. The Kier molecular flexibility index (Phi) is 8.29. The number of carbonyl (C=O) groups excluding carboxylic acids is 3. The van der Waals surface area contributed by atoms with Gasteiger partial charge in [-0.1, -0.05) is 11.6 Å². The molecule has 2 aliphatic heterocycles. The van der Waals surface area contributed by atoms with Crippen molar-refractivity contribution in [3.8, 4) is 6.07 Å². The molecule has 8 nitrogen and oxygen atoms in total. The summed E-state index contributed by atoms with van der Waals surface area (Å²) in [5.74, 6) is -1.85. The topological polar surface area (TPSA) is 106 Å². The van der Waals surface area contributed by atoms with Gasteiger partial charge in [0.15, 0.2) is 0 Å². The van der Waals surface area contributed by atoms with E-state index >= 15 is 0 Å². The minimum Gasteiger partial charge on any atom is -0.322 e. The summed E-state index contributed by atoms with van der Waals surface area (Å²) in [6.45, 7) is 3.98. The van der Waals surface area contributed by atoms with Crippen molar-refractivity contribution in [2.75, 3.05) is 23.3 Å². The second-order valence-corrected chi connectivity index (χ2v) is 9.02. The lowest BCUT2D eigenvalue weighted by atomic mass is 10.1. The van der Waals surface area contributed by atoms with Crippen molar-refractivity contribution in [3.05, 3.63) is 46.9 Å².